The summed E-state index contributed by atoms with van der Waals surface area (Å²) in [5.41, 5.74) is 3.84. The third kappa shape index (κ3) is 5.54. The zero-order valence-corrected chi connectivity index (χ0v) is 12.6. The lowest BCUT2D eigenvalue weighted by molar-refractivity contribution is 0.148. The standard InChI is InChI=1S/C19H23NO/c1-20-14-13-18-11-5-6-12-19(18)16-21-15-7-10-17-8-3-2-4-9-17/h2-12,20H,13-16H2,1H3/b10-7+. The highest BCUT2D eigenvalue weighted by atomic mass is 16.5. The minimum absolute atomic E-state index is 0.634. The Morgan fingerprint density at radius 2 is 1.67 bits per heavy atom. The van der Waals surface area contributed by atoms with Crippen molar-refractivity contribution in [3.63, 3.8) is 0 Å². The first kappa shape index (κ1) is 15.5. The van der Waals surface area contributed by atoms with Crippen molar-refractivity contribution in [1.82, 2.24) is 5.32 Å². The van der Waals surface area contributed by atoms with Gasteiger partial charge in [-0.25, -0.2) is 0 Å². The molecule has 2 heteroatoms. The SMILES string of the molecule is CNCCc1ccccc1COC/C=C/c1ccccc1. The minimum atomic E-state index is 0.634. The first-order valence-corrected chi connectivity index (χ1v) is 7.41. The summed E-state index contributed by atoms with van der Waals surface area (Å²) in [4.78, 5) is 0. The molecule has 0 spiro atoms. The monoisotopic (exact) mass is 281 g/mol. The maximum Gasteiger partial charge on any atom is 0.0723 e. The quantitative estimate of drug-likeness (QED) is 0.745. The fourth-order valence-electron chi connectivity index (χ4n) is 2.19. The zero-order valence-electron chi connectivity index (χ0n) is 12.6. The van der Waals surface area contributed by atoms with Crippen molar-refractivity contribution in [2.75, 3.05) is 20.2 Å². The zero-order chi connectivity index (χ0) is 14.8. The van der Waals surface area contributed by atoms with E-state index in [-0.39, 0.29) is 0 Å². The summed E-state index contributed by atoms with van der Waals surface area (Å²) in [7, 11) is 1.98. The Morgan fingerprint density at radius 1 is 0.952 bits per heavy atom. The van der Waals surface area contributed by atoms with Gasteiger partial charge in [-0.2, -0.15) is 0 Å². The number of hydrogen-bond acceptors (Lipinski definition) is 2. The van der Waals surface area contributed by atoms with E-state index in [0.29, 0.717) is 13.2 Å². The Hall–Kier alpha value is -1.90. The summed E-state index contributed by atoms with van der Waals surface area (Å²) in [5, 5.41) is 3.19. The molecule has 21 heavy (non-hydrogen) atoms. The maximum absolute atomic E-state index is 5.75. The van der Waals surface area contributed by atoms with E-state index in [1.54, 1.807) is 0 Å². The van der Waals surface area contributed by atoms with E-state index in [4.69, 9.17) is 4.74 Å². The molecule has 0 radical (unpaired) electrons. The van der Waals surface area contributed by atoms with Crippen LogP contribution in [0.3, 0.4) is 0 Å². The van der Waals surface area contributed by atoms with Gasteiger partial charge in [0.25, 0.3) is 0 Å². The second kappa shape index (κ2) is 9.11. The fraction of sp³-hybridized carbons (Fsp3) is 0.263. The van der Waals surface area contributed by atoms with Crippen LogP contribution in [0, 0.1) is 0 Å². The van der Waals surface area contributed by atoms with Crippen LogP contribution in [-0.2, 0) is 17.8 Å². The molecule has 0 aromatic heterocycles. The van der Waals surface area contributed by atoms with Crippen LogP contribution in [0.15, 0.2) is 60.7 Å². The molecule has 0 atom stereocenters. The van der Waals surface area contributed by atoms with Crippen LogP contribution in [0.4, 0.5) is 0 Å². The number of nitrogens with one attached hydrogen (secondary N) is 1. The van der Waals surface area contributed by atoms with Crippen molar-refractivity contribution in [3.05, 3.63) is 77.4 Å². The average Bonchev–Trinajstić information content (AvgIpc) is 2.54. The van der Waals surface area contributed by atoms with Crippen molar-refractivity contribution in [1.29, 1.82) is 0 Å². The van der Waals surface area contributed by atoms with Gasteiger partial charge in [0, 0.05) is 0 Å². The molecule has 0 saturated heterocycles. The van der Waals surface area contributed by atoms with Gasteiger partial charge in [-0.3, -0.25) is 0 Å². The number of ether oxygens (including phenoxy) is 1. The molecule has 2 nitrogen and oxygen atoms in total. The Bertz CT molecular complexity index is 549. The van der Waals surface area contributed by atoms with Crippen molar-refractivity contribution in [2.45, 2.75) is 13.0 Å². The van der Waals surface area contributed by atoms with E-state index < -0.39 is 0 Å². The largest absolute Gasteiger partial charge is 0.373 e. The lowest BCUT2D eigenvalue weighted by Gasteiger charge is -2.09. The third-order valence-corrected chi connectivity index (χ3v) is 3.34. The molecule has 0 amide bonds. The van der Waals surface area contributed by atoms with E-state index in [1.165, 1.54) is 16.7 Å². The smallest absolute Gasteiger partial charge is 0.0723 e. The molecule has 2 rings (SSSR count). The second-order valence-electron chi connectivity index (χ2n) is 4.95. The van der Waals surface area contributed by atoms with Gasteiger partial charge in [0.2, 0.25) is 0 Å². The minimum Gasteiger partial charge on any atom is -0.373 e. The predicted octanol–water partition coefficient (Wildman–Crippen LogP) is 3.68. The fourth-order valence-corrected chi connectivity index (χ4v) is 2.19. The molecule has 0 heterocycles. The molecule has 0 saturated carbocycles. The Morgan fingerprint density at radius 3 is 2.43 bits per heavy atom. The molecule has 0 aliphatic carbocycles. The third-order valence-electron chi connectivity index (χ3n) is 3.34. The van der Waals surface area contributed by atoms with Crippen LogP contribution in [0.2, 0.25) is 0 Å². The Balaban J connectivity index is 1.79. The first-order chi connectivity index (χ1) is 10.4. The molecule has 0 fully saturated rings. The molecule has 1 N–H and O–H groups in total. The van der Waals surface area contributed by atoms with Crippen LogP contribution in [0.25, 0.3) is 6.08 Å². The molecule has 0 bridgehead atoms. The van der Waals surface area contributed by atoms with E-state index in [9.17, 15) is 0 Å². The van der Waals surface area contributed by atoms with Crippen LogP contribution >= 0.6 is 0 Å². The maximum atomic E-state index is 5.75. The number of likely N-dealkylation sites (N-methyl/N-ethyl adjacent to an activating group) is 1. The van der Waals surface area contributed by atoms with Gasteiger partial charge in [0.05, 0.1) is 13.2 Å². The van der Waals surface area contributed by atoms with Crippen molar-refractivity contribution in [2.24, 2.45) is 0 Å². The summed E-state index contributed by atoms with van der Waals surface area (Å²) >= 11 is 0. The summed E-state index contributed by atoms with van der Waals surface area (Å²) in [6.45, 7) is 2.29. The van der Waals surface area contributed by atoms with Gasteiger partial charge in [0.1, 0.15) is 0 Å². The molecule has 0 aliphatic rings. The second-order valence-corrected chi connectivity index (χ2v) is 4.95. The molecule has 110 valence electrons. The topological polar surface area (TPSA) is 21.3 Å². The predicted molar refractivity (Wildman–Crippen MR) is 89.2 cm³/mol. The van der Waals surface area contributed by atoms with Gasteiger partial charge >= 0.3 is 0 Å². The average molecular weight is 281 g/mol. The lowest BCUT2D eigenvalue weighted by Crippen LogP contribution is -2.11. The molecule has 2 aromatic carbocycles. The van der Waals surface area contributed by atoms with Gasteiger partial charge in [0.15, 0.2) is 0 Å². The molecular formula is C19H23NO. The van der Waals surface area contributed by atoms with Gasteiger partial charge in [-0.05, 0) is 36.7 Å². The molecule has 2 aromatic rings. The van der Waals surface area contributed by atoms with Crippen LogP contribution in [0.1, 0.15) is 16.7 Å². The Kier molecular flexibility index (Phi) is 6.72. The highest BCUT2D eigenvalue weighted by Crippen LogP contribution is 2.11. The normalized spacial score (nSPS) is 11.1. The van der Waals surface area contributed by atoms with Gasteiger partial charge < -0.3 is 10.1 Å². The van der Waals surface area contributed by atoms with Gasteiger partial charge in [-0.15, -0.1) is 0 Å². The van der Waals surface area contributed by atoms with Crippen LogP contribution in [-0.4, -0.2) is 20.2 Å². The van der Waals surface area contributed by atoms with E-state index >= 15 is 0 Å². The molecular weight excluding hydrogens is 258 g/mol. The number of benzene rings is 2. The summed E-state index contributed by atoms with van der Waals surface area (Å²) in [6.07, 6.45) is 5.19. The number of hydrogen-bond donors (Lipinski definition) is 1. The highest BCUT2D eigenvalue weighted by molar-refractivity contribution is 5.48. The summed E-state index contributed by atoms with van der Waals surface area (Å²) in [6, 6.07) is 18.8. The van der Waals surface area contributed by atoms with E-state index in [1.807, 2.05) is 25.2 Å². The summed E-state index contributed by atoms with van der Waals surface area (Å²) in [5.74, 6) is 0. The lowest BCUT2D eigenvalue weighted by atomic mass is 10.1. The van der Waals surface area contributed by atoms with Crippen LogP contribution < -0.4 is 5.32 Å². The molecule has 0 unspecified atom stereocenters. The van der Waals surface area contributed by atoms with Crippen molar-refractivity contribution >= 4 is 6.08 Å². The van der Waals surface area contributed by atoms with Crippen LogP contribution in [0.5, 0.6) is 0 Å². The van der Waals surface area contributed by atoms with E-state index in [2.05, 4.69) is 53.9 Å². The van der Waals surface area contributed by atoms with E-state index in [0.717, 1.165) is 13.0 Å². The highest BCUT2D eigenvalue weighted by Gasteiger charge is 2.00. The van der Waals surface area contributed by atoms with Crippen molar-refractivity contribution < 1.29 is 4.74 Å². The Labute approximate surface area is 127 Å². The molecule has 0 aliphatic heterocycles. The number of rotatable bonds is 8. The van der Waals surface area contributed by atoms with Gasteiger partial charge in [-0.1, -0.05) is 66.7 Å². The van der Waals surface area contributed by atoms with Crippen molar-refractivity contribution in [3.8, 4) is 0 Å². The first-order valence-electron chi connectivity index (χ1n) is 7.41. The summed E-state index contributed by atoms with van der Waals surface area (Å²) < 4.78 is 5.75.